The lowest BCUT2D eigenvalue weighted by Gasteiger charge is -2.44. The van der Waals surface area contributed by atoms with Crippen LogP contribution in [0.15, 0.2) is 133 Å². The molecule has 4 aliphatic heterocycles. The van der Waals surface area contributed by atoms with E-state index in [9.17, 15) is 52.3 Å². The third-order valence-corrected chi connectivity index (χ3v) is 20.8. The van der Waals surface area contributed by atoms with Crippen molar-refractivity contribution >= 4 is 75.0 Å². The Balaban J connectivity index is 0.000000170. The summed E-state index contributed by atoms with van der Waals surface area (Å²) in [6.07, 6.45) is -0.380. The maximum Gasteiger partial charge on any atom is 0.295 e. The number of aliphatic hydroxyl groups is 2. The van der Waals surface area contributed by atoms with E-state index in [4.69, 9.17) is 20.0 Å². The number of methoxy groups -OCH3 is 2. The lowest BCUT2D eigenvalue weighted by Crippen LogP contribution is -2.57. The Labute approximate surface area is 556 Å². The zero-order valence-electron chi connectivity index (χ0n) is 55.1. The summed E-state index contributed by atoms with van der Waals surface area (Å²) in [7, 11) is -0.138. The number of rotatable bonds is 15. The highest BCUT2D eigenvalue weighted by Gasteiger charge is 2.39. The fraction of sp³-hybridized carbons (Fsp3) is 0.361. The second-order valence-corrected chi connectivity index (χ2v) is 27.6. The van der Waals surface area contributed by atoms with Crippen molar-refractivity contribution in [2.75, 3.05) is 66.6 Å². The number of fused-ring (bicyclic) bond motifs is 2. The van der Waals surface area contributed by atoms with Gasteiger partial charge in [-0.1, -0.05) is 60.7 Å². The van der Waals surface area contributed by atoms with Crippen LogP contribution in [0.1, 0.15) is 104 Å². The first kappa shape index (κ1) is 69.9. The number of aromatic nitrogens is 2. The molecule has 6 heterocycles. The van der Waals surface area contributed by atoms with Crippen LogP contribution >= 0.6 is 7.37 Å². The lowest BCUT2D eigenvalue weighted by atomic mass is 10.0. The van der Waals surface area contributed by atoms with Crippen LogP contribution in [0.2, 0.25) is 0 Å². The molecule has 4 fully saturated rings. The summed E-state index contributed by atoms with van der Waals surface area (Å²) in [5, 5.41) is 21.8. The molecule has 24 heteroatoms. The molecule has 0 bridgehead atoms. The second-order valence-electron chi connectivity index (χ2n) is 25.2. The number of nitrogens with two attached hydrogens (primary N) is 1. The molecule has 506 valence electrons. The number of H-pyrrole nitrogens is 2. The minimum atomic E-state index is -3.13. The first-order chi connectivity index (χ1) is 45.9. The molecule has 6 atom stereocenters. The number of carbonyl (C=O) groups is 6. The van der Waals surface area contributed by atoms with Crippen molar-refractivity contribution in [1.82, 2.24) is 39.4 Å². The molecule has 6 N–H and O–H groups in total. The minimum Gasteiger partial charge on any atom is -0.496 e. The molecule has 4 amide bonds. The number of likely N-dealkylation sites (tertiary alicyclic amines) is 2. The molecule has 21 nitrogen and oxygen atoms in total. The van der Waals surface area contributed by atoms with Gasteiger partial charge >= 0.3 is 0 Å². The van der Waals surface area contributed by atoms with E-state index in [0.717, 1.165) is 11.1 Å². The van der Waals surface area contributed by atoms with Gasteiger partial charge in [0.15, 0.2) is 0 Å². The SMILES string of the molecule is COc1cc2[nH]c(C)c(C(=O)C(=O)N3CC[C@@H](O)C3)c2cc1C(=O)N1C[C@H](C)N(Cc2ccc(F)cc2)C[C@H]1C.COc1cc2[nH]c(C)c(C(=O)C(=O)N3CC[C@@H](O)C3)c2cc1C(=O)N1C[C@H](C)N(Cc2ccc(F)cc2)C[C@H]1C.NOP(=O)(c1ccccc1)c1ccccc1. The van der Waals surface area contributed by atoms with Crippen molar-refractivity contribution in [3.05, 3.63) is 190 Å². The highest BCUT2D eigenvalue weighted by Crippen LogP contribution is 2.42. The van der Waals surface area contributed by atoms with Crippen molar-refractivity contribution in [1.29, 1.82) is 0 Å². The van der Waals surface area contributed by atoms with Crippen molar-refractivity contribution in [3.63, 3.8) is 0 Å². The number of nitrogens with zero attached hydrogens (tertiary/aromatic N) is 6. The van der Waals surface area contributed by atoms with E-state index >= 15 is 0 Å². The van der Waals surface area contributed by atoms with Crippen molar-refractivity contribution in [3.8, 4) is 11.5 Å². The summed E-state index contributed by atoms with van der Waals surface area (Å²) in [6, 6.07) is 37.4. The van der Waals surface area contributed by atoms with Gasteiger partial charge in [0.1, 0.15) is 23.1 Å². The number of hydrogen-bond acceptors (Lipinski definition) is 15. The summed E-state index contributed by atoms with van der Waals surface area (Å²) < 4.78 is 55.3. The standard InChI is InChI=1S/2C30H35FN4O5.C12H12NO2P/c2*1-17-14-35(18(2)13-34(17)15-20-5-7-21(31)8-6-20)29(38)24-11-23-25(12-26(24)40-4)32-19(3)27(23)28(37)30(39)33-10-9-22(36)16-33;13-15-16(14,11-7-3-1-4-8-11)12-9-5-2-6-10-12/h2*5-8,11-12,17-18,22,32,36H,9-10,13-16H2,1-4H3;1-10H,13H2/t2*17-,18+,22+;/m00./s1. The summed E-state index contributed by atoms with van der Waals surface area (Å²) >= 11 is 0. The van der Waals surface area contributed by atoms with Crippen LogP contribution in [0.5, 0.6) is 11.5 Å². The van der Waals surface area contributed by atoms with E-state index in [1.165, 1.54) is 48.3 Å². The van der Waals surface area contributed by atoms with Gasteiger partial charge in [-0.25, -0.2) is 19.3 Å². The van der Waals surface area contributed by atoms with Crippen LogP contribution in [0.25, 0.3) is 21.8 Å². The summed E-state index contributed by atoms with van der Waals surface area (Å²) in [5.41, 5.74) is 5.33. The molecule has 4 saturated heterocycles. The van der Waals surface area contributed by atoms with Gasteiger partial charge < -0.3 is 49.3 Å². The normalized spacial score (nSPS) is 20.0. The number of hydrogen-bond donors (Lipinski definition) is 5. The first-order valence-corrected chi connectivity index (χ1v) is 33.7. The largest absolute Gasteiger partial charge is 0.496 e. The Hall–Kier alpha value is -8.93. The number of benzene rings is 6. The number of carbonyl (C=O) groups excluding carboxylic acids is 6. The van der Waals surface area contributed by atoms with E-state index < -0.39 is 43.0 Å². The number of amides is 4. The number of halogens is 2. The Bertz CT molecular complexity index is 3950. The van der Waals surface area contributed by atoms with Gasteiger partial charge in [0, 0.05) is 135 Å². The minimum absolute atomic E-state index is 0.0556. The zero-order valence-corrected chi connectivity index (χ0v) is 56.0. The molecule has 0 radical (unpaired) electrons. The average Bonchev–Trinajstić information content (AvgIpc) is 1.44. The number of aromatic amines is 2. The first-order valence-electron chi connectivity index (χ1n) is 32.0. The summed E-state index contributed by atoms with van der Waals surface area (Å²) in [6.45, 7) is 16.0. The van der Waals surface area contributed by atoms with E-state index in [1.807, 2.05) is 60.0 Å². The molecule has 2 aromatic heterocycles. The molecule has 8 aromatic rings. The zero-order chi connectivity index (χ0) is 68.9. The van der Waals surface area contributed by atoms with E-state index in [-0.39, 0.29) is 71.8 Å². The maximum absolute atomic E-state index is 13.9. The number of nitrogens with one attached hydrogen (secondary N) is 2. The smallest absolute Gasteiger partial charge is 0.295 e. The van der Waals surface area contributed by atoms with E-state index in [0.29, 0.717) is 132 Å². The van der Waals surface area contributed by atoms with Crippen molar-refractivity contribution in [2.24, 2.45) is 5.90 Å². The molecule has 6 aromatic carbocycles. The fourth-order valence-electron chi connectivity index (χ4n) is 13.2. The Kier molecular flexibility index (Phi) is 21.8. The third kappa shape index (κ3) is 15.0. The van der Waals surface area contributed by atoms with Gasteiger partial charge in [-0.05, 0) is 126 Å². The van der Waals surface area contributed by atoms with E-state index in [2.05, 4.69) is 33.6 Å². The summed E-state index contributed by atoms with van der Waals surface area (Å²) in [5.74, 6) is 2.32. The number of aliphatic hydroxyl groups excluding tert-OH is 2. The monoisotopic (exact) mass is 1330 g/mol. The molecular weight excluding hydrogens is 1250 g/mol. The molecule has 0 unspecified atom stereocenters. The van der Waals surface area contributed by atoms with Gasteiger partial charge in [0.05, 0.1) is 59.7 Å². The van der Waals surface area contributed by atoms with Crippen LogP contribution in [0.3, 0.4) is 0 Å². The van der Waals surface area contributed by atoms with Crippen LogP contribution in [-0.2, 0) is 31.9 Å². The number of β-amino-alcohol motifs (C(OH)–C–C–N with tert-alkyl or cyclic N) is 2. The Morgan fingerprint density at radius 1 is 0.531 bits per heavy atom. The number of Topliss-reactive ketones (excluding diaryl/α,β-unsaturated/α-hetero) is 2. The number of ketones is 2. The lowest BCUT2D eigenvalue weighted by molar-refractivity contribution is -0.126. The number of ether oxygens (including phenoxy) is 2. The van der Waals surface area contributed by atoms with Gasteiger partial charge in [0.25, 0.3) is 42.6 Å². The highest BCUT2D eigenvalue weighted by atomic mass is 31.2. The second kappa shape index (κ2) is 30.0. The van der Waals surface area contributed by atoms with Gasteiger partial charge in [-0.3, -0.25) is 43.1 Å². The van der Waals surface area contributed by atoms with E-state index in [1.54, 1.807) is 86.6 Å². The fourth-order valence-corrected chi connectivity index (χ4v) is 14.9. The molecule has 0 aliphatic carbocycles. The number of piperazine rings is 2. The number of aryl methyl sites for hydroxylation is 2. The molecular formula is C72H82F2N9O12P. The predicted octanol–water partition coefficient (Wildman–Crippen LogP) is 8.08. The van der Waals surface area contributed by atoms with Crippen LogP contribution in [0, 0.1) is 25.5 Å². The molecule has 4 aliphatic rings. The van der Waals surface area contributed by atoms with Crippen LogP contribution < -0.4 is 26.0 Å². The van der Waals surface area contributed by atoms with Crippen LogP contribution in [-0.4, -0.2) is 188 Å². The highest BCUT2D eigenvalue weighted by molar-refractivity contribution is 7.74. The molecule has 0 saturated carbocycles. The maximum atomic E-state index is 13.9. The molecule has 12 rings (SSSR count). The van der Waals surface area contributed by atoms with Crippen molar-refractivity contribution in [2.45, 2.75) is 104 Å². The Morgan fingerprint density at radius 3 is 1.22 bits per heavy atom. The molecule has 0 spiro atoms. The third-order valence-electron chi connectivity index (χ3n) is 18.5. The predicted molar refractivity (Wildman–Crippen MR) is 361 cm³/mol. The quantitative estimate of drug-likeness (QED) is 0.0281. The van der Waals surface area contributed by atoms with Gasteiger partial charge in [-0.15, -0.1) is 0 Å². The van der Waals surface area contributed by atoms with Gasteiger partial charge in [0.2, 0.25) is 0 Å². The Morgan fingerprint density at radius 2 is 0.896 bits per heavy atom. The van der Waals surface area contributed by atoms with Crippen molar-refractivity contribution < 1.29 is 66.4 Å². The summed E-state index contributed by atoms with van der Waals surface area (Å²) in [4.78, 5) is 97.7. The average molecular weight is 1330 g/mol. The van der Waals surface area contributed by atoms with Gasteiger partial charge in [-0.2, -0.15) is 0 Å². The molecule has 96 heavy (non-hydrogen) atoms. The van der Waals surface area contributed by atoms with Crippen LogP contribution in [0.4, 0.5) is 8.78 Å². The topological polar surface area (TPSA) is 265 Å².